The second-order valence-corrected chi connectivity index (χ2v) is 4.60. The number of thioether (sulfide) groups is 1. The molecule has 1 radical (unpaired) electrons. The topological polar surface area (TPSA) is 19.9 Å². The van der Waals surface area contributed by atoms with E-state index in [1.165, 1.54) is 4.91 Å². The highest BCUT2D eigenvalue weighted by Crippen LogP contribution is 2.21. The summed E-state index contributed by atoms with van der Waals surface area (Å²) in [5.41, 5.74) is 0. The van der Waals surface area contributed by atoms with E-state index >= 15 is 0 Å². The Morgan fingerprint density at radius 3 is 2.83 bits per heavy atom. The lowest BCUT2D eigenvalue weighted by Gasteiger charge is -2.26. The highest BCUT2D eigenvalue weighted by molar-refractivity contribution is 8.03. The Morgan fingerprint density at radius 2 is 2.33 bits per heavy atom. The van der Waals surface area contributed by atoms with Crippen molar-refractivity contribution < 1.29 is 9.59 Å². The number of hydrogen-bond donors (Lipinski definition) is 0. The van der Waals surface area contributed by atoms with Crippen molar-refractivity contribution in [2.75, 3.05) is 33.0 Å². The van der Waals surface area contributed by atoms with Gasteiger partial charge in [0.1, 0.15) is 6.54 Å². The molecule has 0 saturated carbocycles. The van der Waals surface area contributed by atoms with Gasteiger partial charge in [-0.2, -0.15) is 0 Å². The molecule has 0 saturated heterocycles. The Balaban J connectivity index is 2.42. The van der Waals surface area contributed by atoms with Crippen LogP contribution in [0.4, 0.5) is 0 Å². The lowest BCUT2D eigenvalue weighted by atomic mass is 10.3. The van der Waals surface area contributed by atoms with Crippen molar-refractivity contribution in [3.8, 4) is 0 Å². The fraction of sp³-hybridized carbons (Fsp3) is 0.556. The summed E-state index contributed by atoms with van der Waals surface area (Å²) in [5, 5.41) is 10.2. The van der Waals surface area contributed by atoms with Crippen LogP contribution in [0.2, 0.25) is 0 Å². The van der Waals surface area contributed by atoms with Gasteiger partial charge < -0.3 is 0 Å². The zero-order valence-corrected chi connectivity index (χ0v) is 8.43. The first-order valence-corrected chi connectivity index (χ1v) is 5.05. The molecular formula is C9H15NOS+. The first-order chi connectivity index (χ1) is 5.64. The van der Waals surface area contributed by atoms with Gasteiger partial charge in [-0.1, -0.05) is 0 Å². The van der Waals surface area contributed by atoms with Gasteiger partial charge in [-0.05, 0) is 6.08 Å². The standard InChI is InChI=1S/C9H15NOS/c1-10(2)5-3-9(4-6-10)12-8-7-11/h3-5H,6-8H2,1-2H3/q+1. The molecule has 0 spiro atoms. The van der Waals surface area contributed by atoms with Crippen LogP contribution >= 0.6 is 11.8 Å². The quantitative estimate of drug-likeness (QED) is 0.612. The third-order valence-electron chi connectivity index (χ3n) is 1.76. The van der Waals surface area contributed by atoms with E-state index in [0.29, 0.717) is 5.75 Å². The van der Waals surface area contributed by atoms with Crippen molar-refractivity contribution in [2.24, 2.45) is 0 Å². The summed E-state index contributed by atoms with van der Waals surface area (Å²) in [6, 6.07) is 0. The van der Waals surface area contributed by atoms with Crippen LogP contribution in [0.3, 0.4) is 0 Å². The smallest absolute Gasteiger partial charge is 0.103 e. The maximum atomic E-state index is 10.2. The number of nitrogens with zero attached hydrogens (tertiary/aromatic N) is 1. The maximum Gasteiger partial charge on any atom is 0.103 e. The van der Waals surface area contributed by atoms with E-state index in [1.54, 1.807) is 11.8 Å². The van der Waals surface area contributed by atoms with Gasteiger partial charge in [0, 0.05) is 16.7 Å². The van der Waals surface area contributed by atoms with Crippen molar-refractivity contribution in [3.05, 3.63) is 23.3 Å². The molecule has 0 bridgehead atoms. The summed E-state index contributed by atoms with van der Waals surface area (Å²) in [4.78, 5) is 1.24. The minimum absolute atomic E-state index is 0.00803. The van der Waals surface area contributed by atoms with E-state index in [4.69, 9.17) is 0 Å². The Labute approximate surface area is 78.2 Å². The molecule has 1 heterocycles. The van der Waals surface area contributed by atoms with Crippen LogP contribution in [0.25, 0.3) is 0 Å². The lowest BCUT2D eigenvalue weighted by Crippen LogP contribution is -2.34. The number of quaternary nitrogens is 1. The molecule has 1 rings (SSSR count). The second kappa shape index (κ2) is 4.12. The second-order valence-electron chi connectivity index (χ2n) is 3.44. The van der Waals surface area contributed by atoms with E-state index < -0.39 is 0 Å². The summed E-state index contributed by atoms with van der Waals surface area (Å²) in [7, 11) is 4.31. The van der Waals surface area contributed by atoms with Crippen LogP contribution in [-0.4, -0.2) is 37.5 Å². The van der Waals surface area contributed by atoms with E-state index in [2.05, 4.69) is 32.4 Å². The van der Waals surface area contributed by atoms with Gasteiger partial charge in [0.25, 0.3) is 0 Å². The van der Waals surface area contributed by atoms with Crippen molar-refractivity contribution in [1.29, 1.82) is 0 Å². The molecule has 3 heteroatoms. The Bertz CT molecular complexity index is 209. The molecule has 0 aliphatic carbocycles. The molecule has 0 N–H and O–H groups in total. The lowest BCUT2D eigenvalue weighted by molar-refractivity contribution is -0.833. The number of rotatable bonds is 3. The molecule has 0 aromatic heterocycles. The van der Waals surface area contributed by atoms with E-state index in [9.17, 15) is 5.11 Å². The van der Waals surface area contributed by atoms with Crippen molar-refractivity contribution in [1.82, 2.24) is 0 Å². The van der Waals surface area contributed by atoms with Gasteiger partial charge in [-0.3, -0.25) is 4.48 Å². The molecule has 1 aliphatic rings. The highest BCUT2D eigenvalue weighted by Gasteiger charge is 2.13. The minimum Gasteiger partial charge on any atom is -0.299 e. The molecule has 1 aliphatic heterocycles. The fourth-order valence-electron chi connectivity index (χ4n) is 0.996. The molecule has 0 amide bonds. The molecule has 12 heavy (non-hydrogen) atoms. The van der Waals surface area contributed by atoms with Crippen molar-refractivity contribution in [3.63, 3.8) is 0 Å². The first-order valence-electron chi connectivity index (χ1n) is 4.07. The van der Waals surface area contributed by atoms with Crippen LogP contribution in [-0.2, 0) is 5.11 Å². The molecule has 0 atom stereocenters. The Morgan fingerprint density at radius 1 is 1.58 bits per heavy atom. The number of likely N-dealkylation sites (N-methyl/N-ethyl adjacent to an activating group) is 1. The molecule has 0 aromatic rings. The molecule has 0 fully saturated rings. The molecular weight excluding hydrogens is 170 g/mol. The molecule has 67 valence electrons. The molecule has 0 unspecified atom stereocenters. The summed E-state index contributed by atoms with van der Waals surface area (Å²) in [6.07, 6.45) is 6.46. The van der Waals surface area contributed by atoms with Crippen LogP contribution in [0.1, 0.15) is 0 Å². The first kappa shape index (κ1) is 9.84. The zero-order valence-electron chi connectivity index (χ0n) is 7.62. The van der Waals surface area contributed by atoms with Gasteiger partial charge in [0.15, 0.2) is 0 Å². The fourth-order valence-corrected chi connectivity index (χ4v) is 1.66. The minimum atomic E-state index is 0.00803. The number of allylic oxidation sites excluding steroid dienone is 1. The Hall–Kier alpha value is -0.250. The summed E-state index contributed by atoms with van der Waals surface area (Å²) in [5.74, 6) is 0.684. The molecule has 0 aromatic carbocycles. The monoisotopic (exact) mass is 185 g/mol. The van der Waals surface area contributed by atoms with Crippen molar-refractivity contribution in [2.45, 2.75) is 0 Å². The summed E-state index contributed by atoms with van der Waals surface area (Å²) in [6.45, 7) is 1.03. The van der Waals surface area contributed by atoms with Crippen LogP contribution in [0.15, 0.2) is 23.3 Å². The predicted octanol–water partition coefficient (Wildman–Crippen LogP) is 1.64. The van der Waals surface area contributed by atoms with Gasteiger partial charge in [0.2, 0.25) is 0 Å². The average molecular weight is 185 g/mol. The van der Waals surface area contributed by atoms with Crippen LogP contribution in [0, 0.1) is 0 Å². The Kier molecular flexibility index (Phi) is 3.38. The van der Waals surface area contributed by atoms with Gasteiger partial charge >= 0.3 is 0 Å². The zero-order chi connectivity index (χ0) is 9.03. The van der Waals surface area contributed by atoms with Crippen LogP contribution < -0.4 is 0 Å². The molecule has 2 nitrogen and oxygen atoms in total. The summed E-state index contributed by atoms with van der Waals surface area (Å²) >= 11 is 1.65. The number of hydrogen-bond acceptors (Lipinski definition) is 1. The predicted molar refractivity (Wildman–Crippen MR) is 52.2 cm³/mol. The SMILES string of the molecule is C[N+]1(C)C=CC(SCC[O])=CC1. The van der Waals surface area contributed by atoms with Crippen molar-refractivity contribution >= 4 is 11.8 Å². The van der Waals surface area contributed by atoms with Gasteiger partial charge in [0.05, 0.1) is 26.9 Å². The maximum absolute atomic E-state index is 10.2. The third-order valence-corrected chi connectivity index (χ3v) is 2.76. The largest absolute Gasteiger partial charge is 0.299 e. The normalized spacial score (nSPS) is 20.8. The van der Waals surface area contributed by atoms with Crippen LogP contribution in [0.5, 0.6) is 0 Å². The van der Waals surface area contributed by atoms with E-state index in [1.807, 2.05) is 0 Å². The van der Waals surface area contributed by atoms with Gasteiger partial charge in [-0.15, -0.1) is 11.8 Å². The van der Waals surface area contributed by atoms with Gasteiger partial charge in [-0.25, -0.2) is 5.11 Å². The average Bonchev–Trinajstić information content (AvgIpc) is 2.03. The summed E-state index contributed by atoms with van der Waals surface area (Å²) < 4.78 is 0.904. The third kappa shape index (κ3) is 3.01. The highest BCUT2D eigenvalue weighted by atomic mass is 32.2. The van der Waals surface area contributed by atoms with E-state index in [0.717, 1.165) is 11.0 Å². The van der Waals surface area contributed by atoms with E-state index in [-0.39, 0.29) is 6.61 Å².